The molecular weight excluding hydrogens is 178 g/mol. The molecule has 1 aromatic rings. The highest BCUT2D eigenvalue weighted by atomic mass is 16.3. The average Bonchev–Trinajstić information content (AvgIpc) is 2.28. The third kappa shape index (κ3) is 4.72. The van der Waals surface area contributed by atoms with Gasteiger partial charge in [-0.25, -0.2) is 0 Å². The van der Waals surface area contributed by atoms with Gasteiger partial charge in [0.1, 0.15) is 0 Å². The van der Waals surface area contributed by atoms with Gasteiger partial charge in [0, 0.05) is 12.1 Å². The maximum Gasteiger partial charge on any atom is 0.161 e. The number of hydrogen-bond acceptors (Lipinski definition) is 3. The summed E-state index contributed by atoms with van der Waals surface area (Å²) in [5.74, 6) is -0.243. The number of hydrogen-bond donors (Lipinski definition) is 3. The van der Waals surface area contributed by atoms with Crippen molar-refractivity contribution < 1.29 is 10.2 Å². The van der Waals surface area contributed by atoms with Crippen molar-refractivity contribution in [2.75, 3.05) is 0 Å². The summed E-state index contributed by atoms with van der Waals surface area (Å²) in [6.45, 7) is 8.24. The molecule has 3 heteroatoms. The van der Waals surface area contributed by atoms with Gasteiger partial charge in [-0.05, 0) is 6.07 Å². The Balaban J connectivity index is 0. The third-order valence-electron chi connectivity index (χ3n) is 1.32. The lowest BCUT2D eigenvalue weighted by atomic mass is 10.2. The SMILES string of the molecule is CC.CC.NCc1cccc(O)c1O. The summed E-state index contributed by atoms with van der Waals surface area (Å²) in [4.78, 5) is 0. The summed E-state index contributed by atoms with van der Waals surface area (Å²) in [5, 5.41) is 18.0. The first kappa shape index (κ1) is 15.3. The molecule has 0 aromatic heterocycles. The molecule has 0 atom stereocenters. The van der Waals surface area contributed by atoms with E-state index in [0.29, 0.717) is 5.56 Å². The lowest BCUT2D eigenvalue weighted by Gasteiger charge is -2.01. The van der Waals surface area contributed by atoms with Crippen molar-refractivity contribution in [3.05, 3.63) is 23.8 Å². The second-order valence-electron chi connectivity index (χ2n) is 1.99. The Morgan fingerprint density at radius 3 is 1.93 bits per heavy atom. The van der Waals surface area contributed by atoms with E-state index in [1.54, 1.807) is 12.1 Å². The smallest absolute Gasteiger partial charge is 0.161 e. The molecule has 82 valence electrons. The van der Waals surface area contributed by atoms with Crippen LogP contribution in [0.25, 0.3) is 0 Å². The summed E-state index contributed by atoms with van der Waals surface area (Å²) in [7, 11) is 0. The summed E-state index contributed by atoms with van der Waals surface area (Å²) < 4.78 is 0. The third-order valence-corrected chi connectivity index (χ3v) is 1.32. The summed E-state index contributed by atoms with van der Waals surface area (Å²) >= 11 is 0. The fourth-order valence-electron chi connectivity index (χ4n) is 0.742. The van der Waals surface area contributed by atoms with Crippen LogP contribution in [0.2, 0.25) is 0 Å². The molecule has 0 aliphatic carbocycles. The van der Waals surface area contributed by atoms with Crippen molar-refractivity contribution in [3.63, 3.8) is 0 Å². The van der Waals surface area contributed by atoms with Gasteiger partial charge in [-0.1, -0.05) is 39.8 Å². The number of para-hydroxylation sites is 1. The van der Waals surface area contributed by atoms with Gasteiger partial charge in [0.05, 0.1) is 0 Å². The minimum atomic E-state index is -0.122. The Kier molecular flexibility index (Phi) is 10.8. The lowest BCUT2D eigenvalue weighted by Crippen LogP contribution is -1.95. The molecule has 1 aromatic carbocycles. The fourth-order valence-corrected chi connectivity index (χ4v) is 0.742. The van der Waals surface area contributed by atoms with E-state index in [1.807, 2.05) is 27.7 Å². The number of nitrogens with two attached hydrogens (primary N) is 1. The van der Waals surface area contributed by atoms with Crippen LogP contribution in [0, 0.1) is 0 Å². The highest BCUT2D eigenvalue weighted by Gasteiger charge is 2.01. The highest BCUT2D eigenvalue weighted by molar-refractivity contribution is 5.43. The topological polar surface area (TPSA) is 66.5 Å². The maximum absolute atomic E-state index is 9.07. The van der Waals surface area contributed by atoms with Gasteiger partial charge in [-0.3, -0.25) is 0 Å². The van der Waals surface area contributed by atoms with Crippen molar-refractivity contribution >= 4 is 0 Å². The van der Waals surface area contributed by atoms with Gasteiger partial charge >= 0.3 is 0 Å². The van der Waals surface area contributed by atoms with Crippen LogP contribution in [0.4, 0.5) is 0 Å². The molecule has 0 unspecified atom stereocenters. The summed E-state index contributed by atoms with van der Waals surface area (Å²) in [6, 6.07) is 4.71. The molecule has 0 spiro atoms. The minimum absolute atomic E-state index is 0.120. The van der Waals surface area contributed by atoms with Crippen molar-refractivity contribution in [2.45, 2.75) is 34.2 Å². The Morgan fingerprint density at radius 1 is 1.07 bits per heavy atom. The number of phenolic OH excluding ortho intramolecular Hbond substituents is 2. The van der Waals surface area contributed by atoms with Crippen LogP contribution in [0.1, 0.15) is 33.3 Å². The average molecular weight is 199 g/mol. The Hall–Kier alpha value is -1.22. The molecule has 0 saturated heterocycles. The zero-order chi connectivity index (χ0) is 11.6. The Morgan fingerprint density at radius 2 is 1.57 bits per heavy atom. The molecule has 4 N–H and O–H groups in total. The van der Waals surface area contributed by atoms with Gasteiger partial charge in [0.2, 0.25) is 0 Å². The first-order chi connectivity index (χ1) is 6.75. The molecular formula is C11H21NO2. The van der Waals surface area contributed by atoms with E-state index in [0.717, 1.165) is 0 Å². The van der Waals surface area contributed by atoms with Gasteiger partial charge in [-0.2, -0.15) is 0 Å². The van der Waals surface area contributed by atoms with Crippen LogP contribution in [0.5, 0.6) is 11.5 Å². The van der Waals surface area contributed by atoms with E-state index in [-0.39, 0.29) is 18.0 Å². The van der Waals surface area contributed by atoms with Crippen LogP contribution >= 0.6 is 0 Å². The molecule has 0 radical (unpaired) electrons. The predicted molar refractivity (Wildman–Crippen MR) is 60.4 cm³/mol. The highest BCUT2D eigenvalue weighted by Crippen LogP contribution is 2.27. The molecule has 0 bridgehead atoms. The fraction of sp³-hybridized carbons (Fsp3) is 0.455. The van der Waals surface area contributed by atoms with E-state index in [9.17, 15) is 0 Å². The molecule has 1 rings (SSSR count). The Labute approximate surface area is 86.2 Å². The molecule has 0 fully saturated rings. The predicted octanol–water partition coefficient (Wildman–Crippen LogP) is 2.61. The number of benzene rings is 1. The van der Waals surface area contributed by atoms with Gasteiger partial charge in [0.25, 0.3) is 0 Å². The van der Waals surface area contributed by atoms with Gasteiger partial charge in [0.15, 0.2) is 11.5 Å². The quantitative estimate of drug-likeness (QED) is 0.609. The second kappa shape index (κ2) is 9.86. The first-order valence-corrected chi connectivity index (χ1v) is 4.95. The normalized spacial score (nSPS) is 7.79. The number of rotatable bonds is 1. The zero-order valence-corrected chi connectivity index (χ0v) is 9.41. The molecule has 0 aliphatic rings. The number of aromatic hydroxyl groups is 2. The summed E-state index contributed by atoms with van der Waals surface area (Å²) in [5.41, 5.74) is 5.80. The molecule has 3 nitrogen and oxygen atoms in total. The van der Waals surface area contributed by atoms with Gasteiger partial charge < -0.3 is 15.9 Å². The van der Waals surface area contributed by atoms with E-state index >= 15 is 0 Å². The Bertz CT molecular complexity index is 237. The molecule has 14 heavy (non-hydrogen) atoms. The lowest BCUT2D eigenvalue weighted by molar-refractivity contribution is 0.399. The standard InChI is InChI=1S/C7H9NO2.2C2H6/c8-4-5-2-1-3-6(9)7(5)10;2*1-2/h1-3,9-10H,4,8H2;2*1-2H3. The van der Waals surface area contributed by atoms with Crippen molar-refractivity contribution in [3.8, 4) is 11.5 Å². The molecule has 0 saturated carbocycles. The van der Waals surface area contributed by atoms with Crippen LogP contribution < -0.4 is 5.73 Å². The minimum Gasteiger partial charge on any atom is -0.504 e. The van der Waals surface area contributed by atoms with Crippen molar-refractivity contribution in [1.29, 1.82) is 0 Å². The molecule has 0 heterocycles. The van der Waals surface area contributed by atoms with Crippen molar-refractivity contribution in [1.82, 2.24) is 0 Å². The summed E-state index contributed by atoms with van der Waals surface area (Å²) in [6.07, 6.45) is 0. The largest absolute Gasteiger partial charge is 0.504 e. The molecule has 0 aliphatic heterocycles. The van der Waals surface area contributed by atoms with Crippen LogP contribution in [0.15, 0.2) is 18.2 Å². The van der Waals surface area contributed by atoms with E-state index in [4.69, 9.17) is 15.9 Å². The van der Waals surface area contributed by atoms with Crippen LogP contribution in [-0.2, 0) is 6.54 Å². The first-order valence-electron chi connectivity index (χ1n) is 4.95. The van der Waals surface area contributed by atoms with E-state index < -0.39 is 0 Å². The van der Waals surface area contributed by atoms with E-state index in [2.05, 4.69) is 0 Å². The van der Waals surface area contributed by atoms with Gasteiger partial charge in [-0.15, -0.1) is 0 Å². The van der Waals surface area contributed by atoms with Crippen LogP contribution in [0.3, 0.4) is 0 Å². The second-order valence-corrected chi connectivity index (χ2v) is 1.99. The van der Waals surface area contributed by atoms with Crippen molar-refractivity contribution in [2.24, 2.45) is 5.73 Å². The monoisotopic (exact) mass is 199 g/mol. The number of phenols is 2. The maximum atomic E-state index is 9.07. The molecule has 0 amide bonds. The zero-order valence-electron chi connectivity index (χ0n) is 9.41. The van der Waals surface area contributed by atoms with E-state index in [1.165, 1.54) is 6.07 Å². The van der Waals surface area contributed by atoms with Crippen LogP contribution in [-0.4, -0.2) is 10.2 Å².